The Morgan fingerprint density at radius 1 is 1.03 bits per heavy atom. The Kier molecular flexibility index (Phi) is 6.11. The lowest BCUT2D eigenvalue weighted by Gasteiger charge is -2.12. The Morgan fingerprint density at radius 3 is 2.50 bits per heavy atom. The number of aromatic amines is 1. The summed E-state index contributed by atoms with van der Waals surface area (Å²) in [5, 5.41) is 0.642. The third-order valence-electron chi connectivity index (χ3n) is 4.85. The van der Waals surface area contributed by atoms with Gasteiger partial charge in [0.2, 0.25) is 0 Å². The number of H-pyrrole nitrogens is 1. The maximum absolute atomic E-state index is 12.6. The minimum Gasteiger partial charge on any atom is -0.493 e. The van der Waals surface area contributed by atoms with Crippen molar-refractivity contribution in [1.82, 2.24) is 9.97 Å². The van der Waals surface area contributed by atoms with Crippen LogP contribution in [0.3, 0.4) is 0 Å². The molecule has 0 aliphatic rings. The van der Waals surface area contributed by atoms with E-state index in [-0.39, 0.29) is 5.56 Å². The van der Waals surface area contributed by atoms with Crippen LogP contribution in [0.15, 0.2) is 53.3 Å². The highest BCUT2D eigenvalue weighted by Gasteiger charge is 2.12. The van der Waals surface area contributed by atoms with Crippen molar-refractivity contribution < 1.29 is 9.47 Å². The molecule has 0 unspecified atom stereocenters. The minimum atomic E-state index is -0.0867. The van der Waals surface area contributed by atoms with Gasteiger partial charge in [0.15, 0.2) is 11.5 Å². The van der Waals surface area contributed by atoms with Crippen LogP contribution >= 0.6 is 23.1 Å². The lowest BCUT2D eigenvalue weighted by Crippen LogP contribution is -2.09. The van der Waals surface area contributed by atoms with Crippen molar-refractivity contribution in [2.75, 3.05) is 14.2 Å². The highest BCUT2D eigenvalue weighted by atomic mass is 32.2. The SMILES string of the molecule is COc1cc(C)c(CSCc2nc3sc(-c4ccccc4)cc3c(=O)[nH]2)cc1OC. The Balaban J connectivity index is 1.52. The quantitative estimate of drug-likeness (QED) is 0.418. The largest absolute Gasteiger partial charge is 0.493 e. The molecule has 0 saturated carbocycles. The molecule has 0 aliphatic carbocycles. The van der Waals surface area contributed by atoms with E-state index in [4.69, 9.17) is 14.5 Å². The molecule has 154 valence electrons. The van der Waals surface area contributed by atoms with Crippen LogP contribution < -0.4 is 15.0 Å². The first-order valence-corrected chi connectivity index (χ1v) is 11.4. The lowest BCUT2D eigenvalue weighted by molar-refractivity contribution is 0.354. The number of benzene rings is 2. The maximum atomic E-state index is 12.6. The third kappa shape index (κ3) is 4.22. The highest BCUT2D eigenvalue weighted by molar-refractivity contribution is 7.97. The summed E-state index contributed by atoms with van der Waals surface area (Å²) in [5.74, 6) is 3.55. The summed E-state index contributed by atoms with van der Waals surface area (Å²) < 4.78 is 10.8. The number of nitrogens with one attached hydrogen (secondary N) is 1. The van der Waals surface area contributed by atoms with Crippen LogP contribution in [0.25, 0.3) is 20.7 Å². The van der Waals surface area contributed by atoms with Crippen LogP contribution in [-0.4, -0.2) is 24.2 Å². The van der Waals surface area contributed by atoms with Crippen LogP contribution in [0.4, 0.5) is 0 Å². The molecule has 0 bridgehead atoms. The molecule has 0 aliphatic heterocycles. The number of thioether (sulfide) groups is 1. The van der Waals surface area contributed by atoms with Gasteiger partial charge in [0.25, 0.3) is 5.56 Å². The van der Waals surface area contributed by atoms with E-state index < -0.39 is 0 Å². The predicted octanol–water partition coefficient (Wildman–Crippen LogP) is 5.41. The average Bonchev–Trinajstić information content (AvgIpc) is 3.20. The Bertz CT molecular complexity index is 1230. The van der Waals surface area contributed by atoms with E-state index in [1.807, 2.05) is 48.5 Å². The normalized spacial score (nSPS) is 11.0. The van der Waals surface area contributed by atoms with Gasteiger partial charge in [0, 0.05) is 10.6 Å². The zero-order valence-electron chi connectivity index (χ0n) is 17.0. The molecule has 30 heavy (non-hydrogen) atoms. The summed E-state index contributed by atoms with van der Waals surface area (Å²) in [7, 11) is 3.27. The summed E-state index contributed by atoms with van der Waals surface area (Å²) in [6.45, 7) is 2.06. The number of thiophene rings is 1. The average molecular weight is 439 g/mol. The summed E-state index contributed by atoms with van der Waals surface area (Å²) >= 11 is 3.25. The Labute approximate surface area is 183 Å². The van der Waals surface area contributed by atoms with Gasteiger partial charge in [-0.25, -0.2) is 4.98 Å². The van der Waals surface area contributed by atoms with Gasteiger partial charge >= 0.3 is 0 Å². The lowest BCUT2D eigenvalue weighted by atomic mass is 10.1. The molecule has 0 amide bonds. The summed E-state index contributed by atoms with van der Waals surface area (Å²) in [4.78, 5) is 22.0. The fourth-order valence-electron chi connectivity index (χ4n) is 3.22. The number of methoxy groups -OCH3 is 2. The van der Waals surface area contributed by atoms with Crippen molar-refractivity contribution in [3.05, 3.63) is 75.8 Å². The van der Waals surface area contributed by atoms with Crippen LogP contribution in [0, 0.1) is 6.92 Å². The molecule has 7 heteroatoms. The first-order valence-electron chi connectivity index (χ1n) is 9.46. The molecular formula is C23H22N2O3S2. The van der Waals surface area contributed by atoms with Gasteiger partial charge < -0.3 is 14.5 Å². The fourth-order valence-corrected chi connectivity index (χ4v) is 5.24. The number of hydrogen-bond donors (Lipinski definition) is 1. The van der Waals surface area contributed by atoms with Crippen molar-refractivity contribution in [2.45, 2.75) is 18.4 Å². The van der Waals surface area contributed by atoms with E-state index in [0.717, 1.165) is 38.1 Å². The van der Waals surface area contributed by atoms with Crippen LogP contribution in [0.2, 0.25) is 0 Å². The molecule has 0 spiro atoms. The number of aromatic nitrogens is 2. The van der Waals surface area contributed by atoms with Gasteiger partial charge in [-0.2, -0.15) is 0 Å². The monoisotopic (exact) mass is 438 g/mol. The Morgan fingerprint density at radius 2 is 1.77 bits per heavy atom. The highest BCUT2D eigenvalue weighted by Crippen LogP contribution is 2.33. The molecule has 0 atom stereocenters. The molecule has 2 aromatic carbocycles. The van der Waals surface area contributed by atoms with E-state index >= 15 is 0 Å². The van der Waals surface area contributed by atoms with Crippen molar-refractivity contribution in [1.29, 1.82) is 0 Å². The number of hydrogen-bond acceptors (Lipinski definition) is 6. The smallest absolute Gasteiger partial charge is 0.259 e. The van der Waals surface area contributed by atoms with Crippen LogP contribution in [0.5, 0.6) is 11.5 Å². The number of ether oxygens (including phenoxy) is 2. The molecule has 4 rings (SSSR count). The molecule has 1 N–H and O–H groups in total. The van der Waals surface area contributed by atoms with Crippen molar-refractivity contribution in [3.8, 4) is 21.9 Å². The maximum Gasteiger partial charge on any atom is 0.259 e. The molecule has 2 heterocycles. The van der Waals surface area contributed by atoms with Gasteiger partial charge in [-0.1, -0.05) is 30.3 Å². The number of rotatable bonds is 7. The third-order valence-corrected chi connectivity index (χ3v) is 6.92. The standard InChI is InChI=1S/C23H22N2O3S2/c1-14-9-18(27-2)19(28-3)10-16(14)12-29-13-21-24-22(26)17-11-20(30-23(17)25-21)15-7-5-4-6-8-15/h4-11H,12-13H2,1-3H3,(H,24,25,26). The van der Waals surface area contributed by atoms with E-state index in [9.17, 15) is 4.79 Å². The molecule has 0 saturated heterocycles. The van der Waals surface area contributed by atoms with Gasteiger partial charge in [-0.15, -0.1) is 23.1 Å². The van der Waals surface area contributed by atoms with E-state index in [2.05, 4.69) is 11.9 Å². The number of nitrogens with zero attached hydrogens (tertiary/aromatic N) is 1. The first-order chi connectivity index (χ1) is 14.6. The van der Waals surface area contributed by atoms with Crippen LogP contribution in [0.1, 0.15) is 17.0 Å². The van der Waals surface area contributed by atoms with E-state index in [1.165, 1.54) is 5.56 Å². The molecule has 0 fully saturated rings. The van der Waals surface area contributed by atoms with Gasteiger partial charge in [-0.05, 0) is 41.8 Å². The summed E-state index contributed by atoms with van der Waals surface area (Å²) in [6, 6.07) is 16.0. The first kappa shape index (κ1) is 20.5. The number of aryl methyl sites for hydroxylation is 1. The molecule has 2 aromatic heterocycles. The summed E-state index contributed by atoms with van der Waals surface area (Å²) in [5.41, 5.74) is 3.32. The predicted molar refractivity (Wildman–Crippen MR) is 125 cm³/mol. The summed E-state index contributed by atoms with van der Waals surface area (Å²) in [6.07, 6.45) is 0. The van der Waals surface area contributed by atoms with Crippen molar-refractivity contribution >= 4 is 33.3 Å². The Hall–Kier alpha value is -2.77. The zero-order valence-corrected chi connectivity index (χ0v) is 18.7. The van der Waals surface area contributed by atoms with Crippen molar-refractivity contribution in [3.63, 3.8) is 0 Å². The second-order valence-corrected chi connectivity index (χ2v) is 8.85. The molecular weight excluding hydrogens is 416 g/mol. The van der Waals surface area contributed by atoms with E-state index in [1.54, 1.807) is 37.3 Å². The van der Waals surface area contributed by atoms with Gasteiger partial charge in [-0.3, -0.25) is 4.79 Å². The zero-order chi connectivity index (χ0) is 21.1. The minimum absolute atomic E-state index is 0.0867. The van der Waals surface area contributed by atoms with Gasteiger partial charge in [0.1, 0.15) is 10.7 Å². The molecule has 5 nitrogen and oxygen atoms in total. The van der Waals surface area contributed by atoms with Crippen molar-refractivity contribution in [2.24, 2.45) is 0 Å². The second-order valence-electron chi connectivity index (χ2n) is 6.83. The van der Waals surface area contributed by atoms with E-state index in [0.29, 0.717) is 17.0 Å². The fraction of sp³-hybridized carbons (Fsp3) is 0.217. The van der Waals surface area contributed by atoms with Gasteiger partial charge in [0.05, 0.1) is 25.4 Å². The topological polar surface area (TPSA) is 64.2 Å². The molecule has 4 aromatic rings. The van der Waals surface area contributed by atoms with Crippen LogP contribution in [-0.2, 0) is 11.5 Å². The molecule has 0 radical (unpaired) electrons. The number of fused-ring (bicyclic) bond motifs is 1. The second kappa shape index (κ2) is 8.93.